The highest BCUT2D eigenvalue weighted by Crippen LogP contribution is 2.36. The molecule has 1 fully saturated rings. The molecular formula is C24H32ClN3O3. The van der Waals surface area contributed by atoms with E-state index in [2.05, 4.69) is 15.5 Å². The van der Waals surface area contributed by atoms with Crippen molar-refractivity contribution >= 4 is 28.9 Å². The van der Waals surface area contributed by atoms with Crippen molar-refractivity contribution in [2.75, 3.05) is 44.0 Å². The van der Waals surface area contributed by atoms with Gasteiger partial charge in [0.15, 0.2) is 11.5 Å². The van der Waals surface area contributed by atoms with Gasteiger partial charge in [-0.1, -0.05) is 24.4 Å². The fourth-order valence-corrected chi connectivity index (χ4v) is 4.07. The van der Waals surface area contributed by atoms with Crippen LogP contribution in [0.25, 0.3) is 0 Å². The summed E-state index contributed by atoms with van der Waals surface area (Å²) in [6, 6.07) is 11.5. The van der Waals surface area contributed by atoms with Gasteiger partial charge >= 0.3 is 0 Å². The Labute approximate surface area is 189 Å². The summed E-state index contributed by atoms with van der Waals surface area (Å²) in [4.78, 5) is 14.6. The van der Waals surface area contributed by atoms with E-state index >= 15 is 0 Å². The van der Waals surface area contributed by atoms with Crippen LogP contribution in [0.3, 0.4) is 0 Å². The van der Waals surface area contributed by atoms with E-state index in [1.54, 1.807) is 7.11 Å². The van der Waals surface area contributed by atoms with Crippen molar-refractivity contribution in [3.63, 3.8) is 0 Å². The third kappa shape index (κ3) is 7.04. The Morgan fingerprint density at radius 1 is 1.06 bits per heavy atom. The topological polar surface area (TPSA) is 62.8 Å². The Morgan fingerprint density at radius 3 is 2.39 bits per heavy atom. The van der Waals surface area contributed by atoms with Gasteiger partial charge in [0.1, 0.15) is 0 Å². The van der Waals surface area contributed by atoms with E-state index in [0.29, 0.717) is 36.2 Å². The first kappa shape index (κ1) is 23.2. The van der Waals surface area contributed by atoms with Gasteiger partial charge in [-0.15, -0.1) is 0 Å². The SMILES string of the molecule is CCOc1cc(CNc2ccc(NC(=O)CN3CCCCCC3)cc2)cc(Cl)c1OC. The maximum atomic E-state index is 12.4. The van der Waals surface area contributed by atoms with Crippen molar-refractivity contribution in [3.8, 4) is 11.5 Å². The molecule has 0 radical (unpaired) electrons. The number of nitrogens with zero attached hydrogens (tertiary/aromatic N) is 1. The fraction of sp³-hybridized carbons (Fsp3) is 0.458. The number of likely N-dealkylation sites (tertiary alicyclic amines) is 1. The van der Waals surface area contributed by atoms with E-state index in [0.717, 1.165) is 30.0 Å². The van der Waals surface area contributed by atoms with E-state index in [1.165, 1.54) is 25.7 Å². The highest BCUT2D eigenvalue weighted by Gasteiger charge is 2.13. The Balaban J connectivity index is 1.53. The second-order valence-corrected chi connectivity index (χ2v) is 8.12. The second kappa shape index (κ2) is 11.8. The smallest absolute Gasteiger partial charge is 0.238 e. The third-order valence-electron chi connectivity index (χ3n) is 5.30. The Morgan fingerprint density at radius 2 is 1.74 bits per heavy atom. The zero-order valence-electron chi connectivity index (χ0n) is 18.4. The highest BCUT2D eigenvalue weighted by atomic mass is 35.5. The maximum absolute atomic E-state index is 12.4. The van der Waals surface area contributed by atoms with Crippen LogP contribution in [0.5, 0.6) is 11.5 Å². The molecule has 2 aromatic rings. The summed E-state index contributed by atoms with van der Waals surface area (Å²) >= 11 is 6.32. The summed E-state index contributed by atoms with van der Waals surface area (Å²) in [6.07, 6.45) is 4.89. The molecule has 1 saturated heterocycles. The van der Waals surface area contributed by atoms with Crippen LogP contribution in [-0.2, 0) is 11.3 Å². The molecule has 0 aromatic heterocycles. The van der Waals surface area contributed by atoms with E-state index < -0.39 is 0 Å². The Bertz CT molecular complexity index is 850. The van der Waals surface area contributed by atoms with Gasteiger partial charge in [-0.3, -0.25) is 9.69 Å². The third-order valence-corrected chi connectivity index (χ3v) is 5.59. The van der Waals surface area contributed by atoms with E-state index in [4.69, 9.17) is 21.1 Å². The lowest BCUT2D eigenvalue weighted by atomic mass is 10.2. The van der Waals surface area contributed by atoms with Crippen molar-refractivity contribution in [1.29, 1.82) is 0 Å². The molecule has 168 valence electrons. The number of anilines is 2. The van der Waals surface area contributed by atoms with Crippen molar-refractivity contribution < 1.29 is 14.3 Å². The van der Waals surface area contributed by atoms with E-state index in [-0.39, 0.29) is 5.91 Å². The molecule has 0 saturated carbocycles. The zero-order valence-corrected chi connectivity index (χ0v) is 19.1. The summed E-state index contributed by atoms with van der Waals surface area (Å²) in [6.45, 7) is 5.53. The first-order chi connectivity index (χ1) is 15.1. The molecule has 6 nitrogen and oxygen atoms in total. The minimum absolute atomic E-state index is 0.0407. The highest BCUT2D eigenvalue weighted by molar-refractivity contribution is 6.32. The number of rotatable bonds is 9. The fourth-order valence-electron chi connectivity index (χ4n) is 3.76. The predicted molar refractivity (Wildman–Crippen MR) is 126 cm³/mol. The Hall–Kier alpha value is -2.44. The summed E-state index contributed by atoms with van der Waals surface area (Å²) in [5, 5.41) is 6.89. The summed E-state index contributed by atoms with van der Waals surface area (Å²) in [5.41, 5.74) is 2.75. The number of hydrogen-bond donors (Lipinski definition) is 2. The lowest BCUT2D eigenvalue weighted by molar-refractivity contribution is -0.117. The van der Waals surface area contributed by atoms with Crippen molar-refractivity contribution in [2.24, 2.45) is 0 Å². The van der Waals surface area contributed by atoms with E-state index in [9.17, 15) is 4.79 Å². The molecule has 0 unspecified atom stereocenters. The monoisotopic (exact) mass is 445 g/mol. The number of ether oxygens (including phenoxy) is 2. The van der Waals surface area contributed by atoms with Gasteiger partial charge in [-0.2, -0.15) is 0 Å². The minimum Gasteiger partial charge on any atom is -0.491 e. The summed E-state index contributed by atoms with van der Waals surface area (Å²) in [5.74, 6) is 1.23. The average molecular weight is 446 g/mol. The minimum atomic E-state index is 0.0407. The van der Waals surface area contributed by atoms with Gasteiger partial charge in [0.2, 0.25) is 5.91 Å². The largest absolute Gasteiger partial charge is 0.491 e. The molecule has 0 atom stereocenters. The van der Waals surface area contributed by atoms with Crippen LogP contribution < -0.4 is 20.1 Å². The van der Waals surface area contributed by atoms with Crippen molar-refractivity contribution in [2.45, 2.75) is 39.2 Å². The van der Waals surface area contributed by atoms with Crippen LogP contribution in [0.1, 0.15) is 38.2 Å². The Kier molecular flexibility index (Phi) is 8.85. The average Bonchev–Trinajstić information content (AvgIpc) is 3.02. The number of benzene rings is 2. The quantitative estimate of drug-likeness (QED) is 0.557. The normalized spacial score (nSPS) is 14.5. The summed E-state index contributed by atoms with van der Waals surface area (Å²) in [7, 11) is 1.58. The van der Waals surface area contributed by atoms with Crippen LogP contribution in [-0.4, -0.2) is 44.2 Å². The molecule has 1 amide bonds. The number of hydrogen-bond acceptors (Lipinski definition) is 5. The molecular weight excluding hydrogens is 414 g/mol. The van der Waals surface area contributed by atoms with Crippen LogP contribution >= 0.6 is 11.6 Å². The molecule has 2 N–H and O–H groups in total. The number of halogens is 1. The van der Waals surface area contributed by atoms with Crippen LogP contribution in [0.4, 0.5) is 11.4 Å². The maximum Gasteiger partial charge on any atom is 0.238 e. The van der Waals surface area contributed by atoms with Crippen molar-refractivity contribution in [1.82, 2.24) is 4.90 Å². The zero-order chi connectivity index (χ0) is 22.1. The van der Waals surface area contributed by atoms with Crippen LogP contribution in [0.2, 0.25) is 5.02 Å². The first-order valence-corrected chi connectivity index (χ1v) is 11.3. The van der Waals surface area contributed by atoms with E-state index in [1.807, 2.05) is 43.3 Å². The molecule has 31 heavy (non-hydrogen) atoms. The number of amides is 1. The molecule has 7 heteroatoms. The predicted octanol–water partition coefficient (Wildman–Crippen LogP) is 5.17. The summed E-state index contributed by atoms with van der Waals surface area (Å²) < 4.78 is 11.0. The van der Waals surface area contributed by atoms with Crippen LogP contribution in [0.15, 0.2) is 36.4 Å². The van der Waals surface area contributed by atoms with Gasteiger partial charge in [0.05, 0.1) is 25.3 Å². The van der Waals surface area contributed by atoms with Gasteiger partial charge < -0.3 is 20.1 Å². The van der Waals surface area contributed by atoms with Crippen LogP contribution in [0, 0.1) is 0 Å². The van der Waals surface area contributed by atoms with Gasteiger partial charge in [-0.05, 0) is 74.8 Å². The number of carbonyl (C=O) groups is 1. The molecule has 0 bridgehead atoms. The van der Waals surface area contributed by atoms with Gasteiger partial charge in [0, 0.05) is 17.9 Å². The number of methoxy groups -OCH3 is 1. The molecule has 1 aliphatic heterocycles. The standard InChI is InChI=1S/C24H32ClN3O3/c1-3-31-22-15-18(14-21(25)24(22)30-2)16-26-19-8-10-20(11-9-19)27-23(29)17-28-12-6-4-5-7-13-28/h8-11,14-15,26H,3-7,12-13,16-17H2,1-2H3,(H,27,29). The molecule has 1 aliphatic rings. The molecule has 0 aliphatic carbocycles. The molecule has 2 aromatic carbocycles. The van der Waals surface area contributed by atoms with Gasteiger partial charge in [-0.25, -0.2) is 0 Å². The molecule has 0 spiro atoms. The lowest BCUT2D eigenvalue weighted by Gasteiger charge is -2.19. The number of carbonyl (C=O) groups excluding carboxylic acids is 1. The van der Waals surface area contributed by atoms with Gasteiger partial charge in [0.25, 0.3) is 0 Å². The first-order valence-electron chi connectivity index (χ1n) is 10.9. The number of nitrogens with one attached hydrogen (secondary N) is 2. The molecule has 1 heterocycles. The van der Waals surface area contributed by atoms with Crippen molar-refractivity contribution in [3.05, 3.63) is 47.0 Å². The molecule has 3 rings (SSSR count). The second-order valence-electron chi connectivity index (χ2n) is 7.71. The lowest BCUT2D eigenvalue weighted by Crippen LogP contribution is -2.33.